The quantitative estimate of drug-likeness (QED) is 0.456. The first-order valence-corrected chi connectivity index (χ1v) is 15.8. The van der Waals surface area contributed by atoms with Crippen molar-refractivity contribution < 1.29 is 19.1 Å². The van der Waals surface area contributed by atoms with Gasteiger partial charge in [-0.1, -0.05) is 73.3 Å². The first-order chi connectivity index (χ1) is 20.9. The van der Waals surface area contributed by atoms with E-state index in [1.165, 1.54) is 0 Å². The minimum Gasteiger partial charge on any atom is -0.353 e. The number of benzene rings is 1. The minimum atomic E-state index is -1.12. The Morgan fingerprint density at radius 3 is 2.63 bits per heavy atom. The number of amides is 2. The average Bonchev–Trinajstić information content (AvgIpc) is 3.78. The summed E-state index contributed by atoms with van der Waals surface area (Å²) in [5.41, 5.74) is -1.12. The number of hydrogen-bond donors (Lipinski definition) is 1. The molecule has 0 saturated carbocycles. The second kappa shape index (κ2) is 12.3. The number of carbonyl (C=O) groups excluding carboxylic acids is 1. The van der Waals surface area contributed by atoms with E-state index in [2.05, 4.69) is 59.4 Å². The molecule has 5 unspecified atom stereocenters. The molecule has 232 valence electrons. The average molecular weight is 611 g/mol. The van der Waals surface area contributed by atoms with Crippen LogP contribution in [0.5, 0.6) is 0 Å². The van der Waals surface area contributed by atoms with Gasteiger partial charge in [0.05, 0.1) is 13.7 Å². The lowest BCUT2D eigenvalue weighted by molar-refractivity contribution is -0.353. The Labute approximate surface area is 257 Å². The second-order valence-corrected chi connectivity index (χ2v) is 12.5. The van der Waals surface area contributed by atoms with Crippen molar-refractivity contribution in [1.82, 2.24) is 40.1 Å². The molecule has 13 heteroatoms. The van der Waals surface area contributed by atoms with E-state index in [1.807, 2.05) is 51.9 Å². The molecule has 3 fully saturated rings. The Balaban J connectivity index is 1.56. The van der Waals surface area contributed by atoms with Gasteiger partial charge in [-0.2, -0.15) is 0 Å². The van der Waals surface area contributed by atoms with Crippen molar-refractivity contribution in [1.29, 1.82) is 0 Å². The molecule has 6 rings (SSSR count). The van der Waals surface area contributed by atoms with E-state index in [0.717, 1.165) is 48.2 Å². The van der Waals surface area contributed by atoms with Gasteiger partial charge in [-0.05, 0) is 29.9 Å². The molecular formula is C30H42N8O4S. The molecule has 4 aliphatic rings. The molecule has 2 amide bonds. The predicted octanol–water partition coefficient (Wildman–Crippen LogP) is 3.14. The number of rotatable bonds is 9. The van der Waals surface area contributed by atoms with Crippen LogP contribution < -0.4 is 5.32 Å². The maximum Gasteiger partial charge on any atom is 0.340 e. The molecule has 1 N–H and O–H groups in total. The Kier molecular flexibility index (Phi) is 8.66. The molecule has 5 atom stereocenters. The van der Waals surface area contributed by atoms with Gasteiger partial charge < -0.3 is 19.4 Å². The van der Waals surface area contributed by atoms with Crippen LogP contribution in [0.4, 0.5) is 4.79 Å². The number of carbonyl (C=O) groups is 1. The number of thioether (sulfide) groups is 1. The van der Waals surface area contributed by atoms with Crippen LogP contribution in [-0.4, -0.2) is 105 Å². The van der Waals surface area contributed by atoms with Crippen molar-refractivity contribution in [3.63, 3.8) is 0 Å². The maximum absolute atomic E-state index is 15.3. The number of nitrogens with zero attached hydrogens (tertiary/aromatic N) is 7. The van der Waals surface area contributed by atoms with Gasteiger partial charge in [0.25, 0.3) is 0 Å². The number of ether oxygens (including phenoxy) is 2. The third-order valence-electron chi connectivity index (χ3n) is 9.21. The summed E-state index contributed by atoms with van der Waals surface area (Å²) in [4.78, 5) is 27.2. The summed E-state index contributed by atoms with van der Waals surface area (Å²) >= 11 is 1.58. The van der Waals surface area contributed by atoms with Crippen molar-refractivity contribution in [3.8, 4) is 0 Å². The number of aromatic nitrogens is 3. The van der Waals surface area contributed by atoms with Gasteiger partial charge in [0, 0.05) is 45.2 Å². The lowest BCUT2D eigenvalue weighted by Gasteiger charge is -2.55. The highest BCUT2D eigenvalue weighted by molar-refractivity contribution is 8.03. The minimum absolute atomic E-state index is 0.134. The van der Waals surface area contributed by atoms with Crippen LogP contribution in [-0.2, 0) is 27.0 Å². The van der Waals surface area contributed by atoms with Crippen molar-refractivity contribution in [2.24, 2.45) is 13.0 Å². The first-order valence-electron chi connectivity index (χ1n) is 15.0. The van der Waals surface area contributed by atoms with Crippen LogP contribution in [0.15, 0.2) is 64.9 Å². The zero-order valence-corrected chi connectivity index (χ0v) is 26.4. The van der Waals surface area contributed by atoms with E-state index < -0.39 is 17.4 Å². The third kappa shape index (κ3) is 4.73. The molecule has 2 aromatic rings. The molecular weight excluding hydrogens is 568 g/mol. The number of piperazine rings is 1. The largest absolute Gasteiger partial charge is 0.353 e. The summed E-state index contributed by atoms with van der Waals surface area (Å²) in [5, 5.41) is 16.3. The normalized spacial score (nSPS) is 31.2. The highest BCUT2D eigenvalue weighted by Crippen LogP contribution is 2.53. The second-order valence-electron chi connectivity index (χ2n) is 11.4. The maximum atomic E-state index is 15.3. The van der Waals surface area contributed by atoms with Crippen LogP contribution in [0.25, 0.3) is 0 Å². The van der Waals surface area contributed by atoms with Crippen LogP contribution in [0, 0.1) is 5.92 Å². The molecule has 0 bridgehead atoms. The molecule has 1 aromatic carbocycles. The van der Waals surface area contributed by atoms with Gasteiger partial charge in [-0.15, -0.1) is 10.2 Å². The number of nitrogens with one attached hydrogen (secondary N) is 1. The molecule has 0 spiro atoms. The zero-order chi connectivity index (χ0) is 30.2. The van der Waals surface area contributed by atoms with Gasteiger partial charge >= 0.3 is 6.03 Å². The summed E-state index contributed by atoms with van der Waals surface area (Å²) in [6.45, 7) is 9.99. The van der Waals surface area contributed by atoms with Crippen LogP contribution in [0.3, 0.4) is 0 Å². The number of urea groups is 1. The molecule has 43 heavy (non-hydrogen) atoms. The Morgan fingerprint density at radius 2 is 2.00 bits per heavy atom. The Morgan fingerprint density at radius 1 is 1.23 bits per heavy atom. The topological polar surface area (TPSA) is 100 Å². The number of hydroxylamine groups is 1. The molecule has 1 aromatic heterocycles. The molecule has 3 aliphatic heterocycles. The van der Waals surface area contributed by atoms with E-state index in [4.69, 9.17) is 14.3 Å². The van der Waals surface area contributed by atoms with E-state index in [9.17, 15) is 0 Å². The number of allylic oxidation sites excluding steroid dienone is 2. The van der Waals surface area contributed by atoms with Gasteiger partial charge in [-0.25, -0.2) is 9.80 Å². The van der Waals surface area contributed by atoms with E-state index in [0.29, 0.717) is 6.61 Å². The molecule has 4 heterocycles. The van der Waals surface area contributed by atoms with Crippen molar-refractivity contribution in [2.45, 2.75) is 55.8 Å². The van der Waals surface area contributed by atoms with Crippen molar-refractivity contribution >= 4 is 17.8 Å². The van der Waals surface area contributed by atoms with Crippen LogP contribution >= 0.6 is 11.8 Å². The summed E-state index contributed by atoms with van der Waals surface area (Å²) in [7, 11) is 3.58. The summed E-state index contributed by atoms with van der Waals surface area (Å²) in [6, 6.07) is 9.80. The molecule has 3 saturated heterocycles. The fourth-order valence-corrected chi connectivity index (χ4v) is 7.91. The van der Waals surface area contributed by atoms with E-state index in [1.54, 1.807) is 30.4 Å². The molecule has 1 aliphatic carbocycles. The lowest BCUT2D eigenvalue weighted by Crippen LogP contribution is -2.71. The summed E-state index contributed by atoms with van der Waals surface area (Å²) in [6.07, 6.45) is 8.30. The Hall–Kier alpha value is -2.78. The van der Waals surface area contributed by atoms with Gasteiger partial charge in [0.1, 0.15) is 24.9 Å². The fraction of sp³-hybridized carbons (Fsp3) is 0.567. The van der Waals surface area contributed by atoms with E-state index in [-0.39, 0.29) is 24.8 Å². The predicted molar refractivity (Wildman–Crippen MR) is 162 cm³/mol. The number of hydrazine groups is 1. The number of hydrogen-bond acceptors (Lipinski definition) is 10. The summed E-state index contributed by atoms with van der Waals surface area (Å²) < 4.78 is 14.0. The van der Waals surface area contributed by atoms with E-state index >= 15 is 4.79 Å². The fourth-order valence-electron chi connectivity index (χ4n) is 6.93. The first kappa shape index (κ1) is 30.3. The lowest BCUT2D eigenvalue weighted by atomic mass is 9.86. The smallest absolute Gasteiger partial charge is 0.340 e. The van der Waals surface area contributed by atoms with Crippen molar-refractivity contribution in [2.75, 3.05) is 46.7 Å². The highest BCUT2D eigenvalue weighted by Gasteiger charge is 2.69. The molecule has 12 nitrogen and oxygen atoms in total. The van der Waals surface area contributed by atoms with Gasteiger partial charge in [0.2, 0.25) is 0 Å². The highest BCUT2D eigenvalue weighted by atomic mass is 32.2. The van der Waals surface area contributed by atoms with Crippen LogP contribution in [0.2, 0.25) is 0 Å². The number of aryl methyl sites for hydroxylation is 1. The summed E-state index contributed by atoms with van der Waals surface area (Å²) in [5.74, 6) is -0.148. The SMILES string of the molecule is CCC(C)N1C(=O)N(C2(N3CCNCC3)C=CC=C(Sc3nncn3C)C2C)N(OC)C1(c1ccccc1)C1COCO1. The standard InChI is InChI=1S/C30H42N8O4S/c1-6-22(2)36-28(39)37(38(40-5)30(36,26-19-41-21-42-26)24-11-8-7-9-12-24)29(35-17-15-31-16-18-35)14-10-13-25(23(29)3)43-27-33-32-20-34(27)4/h7-14,20,22-23,26,31H,6,15-19,21H2,1-5H3. The molecule has 0 radical (unpaired) electrons. The zero-order valence-electron chi connectivity index (χ0n) is 25.5. The van der Waals surface area contributed by atoms with Gasteiger partial charge in [0.15, 0.2) is 10.8 Å². The monoisotopic (exact) mass is 610 g/mol. The van der Waals surface area contributed by atoms with Gasteiger partial charge in [-0.3, -0.25) is 14.6 Å². The third-order valence-corrected chi connectivity index (χ3v) is 10.5. The Bertz CT molecular complexity index is 1340. The van der Waals surface area contributed by atoms with Crippen LogP contribution in [0.1, 0.15) is 32.8 Å². The van der Waals surface area contributed by atoms with Crippen molar-refractivity contribution in [3.05, 3.63) is 65.4 Å².